The standard InChI is InChI=1S/C8H15N5OS/c1-7(6-14)15-8-9-10-11-13(8)5-4-12(2)3/h6-7H,4-5H2,1-3H3. The highest BCUT2D eigenvalue weighted by Crippen LogP contribution is 2.17. The number of hydrogen-bond donors (Lipinski definition) is 0. The highest BCUT2D eigenvalue weighted by atomic mass is 32.2. The normalized spacial score (nSPS) is 13.1. The maximum atomic E-state index is 10.5. The topological polar surface area (TPSA) is 63.9 Å². The Morgan fingerprint density at radius 3 is 2.93 bits per heavy atom. The van der Waals surface area contributed by atoms with E-state index in [2.05, 4.69) is 20.4 Å². The van der Waals surface area contributed by atoms with Crippen molar-refractivity contribution in [2.45, 2.75) is 23.9 Å². The molecule has 0 aliphatic carbocycles. The summed E-state index contributed by atoms with van der Waals surface area (Å²) in [4.78, 5) is 12.6. The molecule has 0 aliphatic heterocycles. The number of nitrogens with zero attached hydrogens (tertiary/aromatic N) is 5. The smallest absolute Gasteiger partial charge is 0.210 e. The van der Waals surface area contributed by atoms with Crippen molar-refractivity contribution in [3.8, 4) is 0 Å². The Morgan fingerprint density at radius 2 is 2.33 bits per heavy atom. The van der Waals surface area contributed by atoms with Gasteiger partial charge in [-0.25, -0.2) is 4.68 Å². The van der Waals surface area contributed by atoms with Gasteiger partial charge < -0.3 is 9.69 Å². The molecule has 1 aromatic rings. The zero-order valence-corrected chi connectivity index (χ0v) is 9.94. The minimum absolute atomic E-state index is 0.117. The van der Waals surface area contributed by atoms with Gasteiger partial charge in [-0.2, -0.15) is 0 Å². The summed E-state index contributed by atoms with van der Waals surface area (Å²) in [6, 6.07) is 0. The second kappa shape index (κ2) is 5.82. The highest BCUT2D eigenvalue weighted by Gasteiger charge is 2.10. The zero-order valence-electron chi connectivity index (χ0n) is 9.12. The van der Waals surface area contributed by atoms with Crippen LogP contribution in [0.2, 0.25) is 0 Å². The molecule has 0 spiro atoms. The largest absolute Gasteiger partial charge is 0.308 e. The third-order valence-corrected chi connectivity index (χ3v) is 2.73. The van der Waals surface area contributed by atoms with Crippen molar-refractivity contribution in [3.63, 3.8) is 0 Å². The quantitative estimate of drug-likeness (QED) is 0.502. The molecule has 1 heterocycles. The maximum absolute atomic E-state index is 10.5. The molecule has 0 bridgehead atoms. The lowest BCUT2D eigenvalue weighted by Gasteiger charge is -2.10. The van der Waals surface area contributed by atoms with Crippen LogP contribution in [0.4, 0.5) is 0 Å². The summed E-state index contributed by atoms with van der Waals surface area (Å²) in [7, 11) is 3.98. The molecule has 1 atom stereocenters. The Kier molecular flexibility index (Phi) is 4.70. The molecule has 84 valence electrons. The van der Waals surface area contributed by atoms with Gasteiger partial charge in [0.25, 0.3) is 0 Å². The molecular weight excluding hydrogens is 214 g/mol. The molecule has 1 aromatic heterocycles. The first-order chi connectivity index (χ1) is 7.13. The minimum atomic E-state index is -0.117. The second-order valence-corrected chi connectivity index (χ2v) is 4.79. The van der Waals surface area contributed by atoms with E-state index in [1.807, 2.05) is 21.0 Å². The molecular formula is C8H15N5OS. The molecule has 0 saturated heterocycles. The number of thioether (sulfide) groups is 1. The van der Waals surface area contributed by atoms with E-state index in [1.54, 1.807) is 4.68 Å². The number of aromatic nitrogens is 4. The van der Waals surface area contributed by atoms with E-state index in [1.165, 1.54) is 11.8 Å². The first-order valence-electron chi connectivity index (χ1n) is 4.66. The maximum Gasteiger partial charge on any atom is 0.210 e. The van der Waals surface area contributed by atoms with Gasteiger partial charge in [0.15, 0.2) is 0 Å². The molecule has 0 fully saturated rings. The minimum Gasteiger partial charge on any atom is -0.308 e. The number of rotatable bonds is 6. The lowest BCUT2D eigenvalue weighted by atomic mass is 10.5. The van der Waals surface area contributed by atoms with Crippen molar-refractivity contribution in [2.24, 2.45) is 0 Å². The van der Waals surface area contributed by atoms with Crippen LogP contribution >= 0.6 is 11.8 Å². The van der Waals surface area contributed by atoms with Crippen LogP contribution in [0.15, 0.2) is 5.16 Å². The van der Waals surface area contributed by atoms with Crippen molar-refractivity contribution < 1.29 is 4.79 Å². The summed E-state index contributed by atoms with van der Waals surface area (Å²) >= 11 is 1.37. The predicted octanol–water partition coefficient (Wildman–Crippen LogP) is -0.0858. The van der Waals surface area contributed by atoms with Gasteiger partial charge in [-0.05, 0) is 31.4 Å². The Balaban J connectivity index is 2.56. The van der Waals surface area contributed by atoms with Crippen LogP contribution in [0.3, 0.4) is 0 Å². The van der Waals surface area contributed by atoms with Gasteiger partial charge in [0, 0.05) is 6.54 Å². The number of aldehydes is 1. The van der Waals surface area contributed by atoms with Gasteiger partial charge in [-0.1, -0.05) is 11.8 Å². The molecule has 0 N–H and O–H groups in total. The summed E-state index contributed by atoms with van der Waals surface area (Å²) < 4.78 is 1.71. The van der Waals surface area contributed by atoms with Crippen LogP contribution in [0.1, 0.15) is 6.92 Å². The Labute approximate surface area is 93.0 Å². The fraction of sp³-hybridized carbons (Fsp3) is 0.750. The van der Waals surface area contributed by atoms with Crippen molar-refractivity contribution in [2.75, 3.05) is 20.6 Å². The molecule has 6 nitrogen and oxygen atoms in total. The van der Waals surface area contributed by atoms with Crippen LogP contribution in [-0.4, -0.2) is 57.3 Å². The lowest BCUT2D eigenvalue weighted by molar-refractivity contribution is -0.107. The monoisotopic (exact) mass is 229 g/mol. The van der Waals surface area contributed by atoms with E-state index >= 15 is 0 Å². The molecule has 0 radical (unpaired) electrons. The first-order valence-corrected chi connectivity index (χ1v) is 5.54. The molecule has 0 aromatic carbocycles. The van der Waals surface area contributed by atoms with Crippen LogP contribution in [0.5, 0.6) is 0 Å². The van der Waals surface area contributed by atoms with Crippen molar-refractivity contribution in [1.82, 2.24) is 25.1 Å². The van der Waals surface area contributed by atoms with E-state index in [0.717, 1.165) is 19.4 Å². The average molecular weight is 229 g/mol. The second-order valence-electron chi connectivity index (χ2n) is 3.45. The van der Waals surface area contributed by atoms with Crippen LogP contribution in [0.25, 0.3) is 0 Å². The summed E-state index contributed by atoms with van der Waals surface area (Å²) in [5, 5.41) is 11.9. The van der Waals surface area contributed by atoms with Crippen LogP contribution < -0.4 is 0 Å². The highest BCUT2D eigenvalue weighted by molar-refractivity contribution is 8.00. The van der Waals surface area contributed by atoms with E-state index in [4.69, 9.17) is 0 Å². The van der Waals surface area contributed by atoms with Gasteiger partial charge >= 0.3 is 0 Å². The molecule has 0 aliphatic rings. The number of hydrogen-bond acceptors (Lipinski definition) is 6. The molecule has 1 rings (SSSR count). The third-order valence-electron chi connectivity index (χ3n) is 1.74. The van der Waals surface area contributed by atoms with E-state index in [0.29, 0.717) is 5.16 Å². The van der Waals surface area contributed by atoms with Gasteiger partial charge in [0.2, 0.25) is 5.16 Å². The SMILES string of the molecule is CC(C=O)Sc1nnnn1CCN(C)C. The van der Waals surface area contributed by atoms with Crippen molar-refractivity contribution in [3.05, 3.63) is 0 Å². The van der Waals surface area contributed by atoms with Gasteiger partial charge in [-0.15, -0.1) is 5.10 Å². The van der Waals surface area contributed by atoms with Gasteiger partial charge in [-0.3, -0.25) is 0 Å². The number of likely N-dealkylation sites (N-methyl/N-ethyl adjacent to an activating group) is 1. The van der Waals surface area contributed by atoms with E-state index in [9.17, 15) is 4.79 Å². The predicted molar refractivity (Wildman–Crippen MR) is 57.8 cm³/mol. The van der Waals surface area contributed by atoms with E-state index < -0.39 is 0 Å². The Bertz CT molecular complexity index is 314. The third kappa shape index (κ3) is 3.96. The summed E-state index contributed by atoms with van der Waals surface area (Å²) in [6.45, 7) is 3.42. The van der Waals surface area contributed by atoms with Crippen LogP contribution in [-0.2, 0) is 11.3 Å². The summed E-state index contributed by atoms with van der Waals surface area (Å²) in [6.07, 6.45) is 0.885. The van der Waals surface area contributed by atoms with E-state index in [-0.39, 0.29) is 5.25 Å². The fourth-order valence-electron chi connectivity index (χ4n) is 0.910. The fourth-order valence-corrected chi connectivity index (χ4v) is 1.63. The van der Waals surface area contributed by atoms with Gasteiger partial charge in [0.05, 0.1) is 11.8 Å². The molecule has 0 saturated carbocycles. The zero-order chi connectivity index (χ0) is 11.3. The van der Waals surface area contributed by atoms with Crippen molar-refractivity contribution >= 4 is 18.0 Å². The first kappa shape index (κ1) is 12.1. The number of carbonyl (C=O) groups excluding carboxylic acids is 1. The number of tetrazole rings is 1. The Morgan fingerprint density at radius 1 is 1.60 bits per heavy atom. The summed E-state index contributed by atoms with van der Waals surface area (Å²) in [5.74, 6) is 0. The van der Waals surface area contributed by atoms with Gasteiger partial charge in [0.1, 0.15) is 6.29 Å². The lowest BCUT2D eigenvalue weighted by Crippen LogP contribution is -2.19. The number of carbonyl (C=O) groups is 1. The summed E-state index contributed by atoms with van der Waals surface area (Å²) in [5.41, 5.74) is 0. The van der Waals surface area contributed by atoms with Crippen molar-refractivity contribution in [1.29, 1.82) is 0 Å². The molecule has 1 unspecified atom stereocenters. The average Bonchev–Trinajstić information content (AvgIpc) is 2.62. The van der Waals surface area contributed by atoms with Crippen LogP contribution in [0, 0.1) is 0 Å². The molecule has 15 heavy (non-hydrogen) atoms. The molecule has 0 amide bonds. The Hall–Kier alpha value is -0.950. The molecule has 7 heteroatoms.